The van der Waals surface area contributed by atoms with Crippen LogP contribution in [0.5, 0.6) is 0 Å². The van der Waals surface area contributed by atoms with Crippen LogP contribution in [0.4, 0.5) is 4.79 Å². The molecule has 0 unspecified atom stereocenters. The second-order valence-electron chi connectivity index (χ2n) is 9.05. The molecule has 168 valence electrons. The molecule has 2 amide bonds. The van der Waals surface area contributed by atoms with Crippen LogP contribution in [0.1, 0.15) is 44.7 Å². The molecule has 6 nitrogen and oxygen atoms in total. The van der Waals surface area contributed by atoms with Gasteiger partial charge in [-0.2, -0.15) is 0 Å². The van der Waals surface area contributed by atoms with Crippen molar-refractivity contribution in [2.45, 2.75) is 57.6 Å². The Morgan fingerprint density at radius 1 is 1.03 bits per heavy atom. The van der Waals surface area contributed by atoms with Crippen LogP contribution in [0.25, 0.3) is 0 Å². The van der Waals surface area contributed by atoms with E-state index < -0.39 is 29.1 Å². The molecule has 2 aromatic rings. The Labute approximate surface area is 188 Å². The molecule has 6 heteroatoms. The molecule has 3 rings (SSSR count). The molecule has 1 heterocycles. The first-order valence-electron chi connectivity index (χ1n) is 10.7. The van der Waals surface area contributed by atoms with Crippen LogP contribution in [0.2, 0.25) is 0 Å². The summed E-state index contributed by atoms with van der Waals surface area (Å²) < 4.78 is 5.43. The number of rotatable bonds is 6. The first kappa shape index (κ1) is 23.3. The number of aliphatic carboxylic acids is 1. The summed E-state index contributed by atoms with van der Waals surface area (Å²) >= 11 is 0. The maximum atomic E-state index is 13.3. The highest BCUT2D eigenvalue weighted by molar-refractivity contribution is 6.10. The number of carboxylic acids is 1. The average Bonchev–Trinajstić information content (AvgIpc) is 3.01. The molecule has 1 atom stereocenters. The number of ether oxygens (including phenoxy) is 1. The third-order valence-electron chi connectivity index (χ3n) is 5.37. The molecule has 1 saturated heterocycles. The van der Waals surface area contributed by atoms with Crippen LogP contribution >= 0.6 is 0 Å². The molecule has 1 aliphatic rings. The summed E-state index contributed by atoms with van der Waals surface area (Å²) in [6.45, 7) is 5.05. The second-order valence-corrected chi connectivity index (χ2v) is 9.05. The lowest BCUT2D eigenvalue weighted by Gasteiger charge is -2.34. The summed E-state index contributed by atoms with van der Waals surface area (Å²) in [6, 6.07) is 18.8. The van der Waals surface area contributed by atoms with Gasteiger partial charge < -0.3 is 9.84 Å². The van der Waals surface area contributed by atoms with Crippen molar-refractivity contribution in [1.82, 2.24) is 4.90 Å². The number of nitrogens with zero attached hydrogens (tertiary/aromatic N) is 1. The van der Waals surface area contributed by atoms with Crippen LogP contribution in [0.15, 0.2) is 72.3 Å². The zero-order chi connectivity index (χ0) is 23.4. The Kier molecular flexibility index (Phi) is 6.82. The number of hydrogen-bond donors (Lipinski definition) is 1. The molecule has 0 spiro atoms. The van der Waals surface area contributed by atoms with Gasteiger partial charge in [-0.15, -0.1) is 0 Å². The fourth-order valence-electron chi connectivity index (χ4n) is 3.91. The van der Waals surface area contributed by atoms with Gasteiger partial charge in [-0.3, -0.25) is 4.79 Å². The van der Waals surface area contributed by atoms with Crippen LogP contribution in [0.3, 0.4) is 0 Å². The predicted molar refractivity (Wildman–Crippen MR) is 121 cm³/mol. The fourth-order valence-corrected chi connectivity index (χ4v) is 3.91. The average molecular weight is 436 g/mol. The summed E-state index contributed by atoms with van der Waals surface area (Å²) in [7, 11) is 0. The van der Waals surface area contributed by atoms with Crippen molar-refractivity contribution in [3.63, 3.8) is 0 Å². The maximum absolute atomic E-state index is 13.3. The number of imide groups is 1. The van der Waals surface area contributed by atoms with Gasteiger partial charge in [0.15, 0.2) is 5.54 Å². The first-order valence-corrected chi connectivity index (χ1v) is 10.7. The molecular weight excluding hydrogens is 406 g/mol. The van der Waals surface area contributed by atoms with Crippen molar-refractivity contribution in [2.24, 2.45) is 0 Å². The van der Waals surface area contributed by atoms with E-state index in [1.807, 2.05) is 36.4 Å². The van der Waals surface area contributed by atoms with E-state index >= 15 is 0 Å². The quantitative estimate of drug-likeness (QED) is 0.660. The van der Waals surface area contributed by atoms with E-state index in [0.717, 1.165) is 16.0 Å². The SMILES string of the molecule is CC(C)(C)OC(=O)N1C(=O)C(=CCCc2ccccc2)C[C@@]1(Cc1ccccc1)C(=O)O. The Bertz CT molecular complexity index is 1010. The number of allylic oxidation sites excluding steroid dienone is 1. The Morgan fingerprint density at radius 3 is 2.12 bits per heavy atom. The highest BCUT2D eigenvalue weighted by atomic mass is 16.6. The number of hydrogen-bond acceptors (Lipinski definition) is 4. The summed E-state index contributed by atoms with van der Waals surface area (Å²) in [5, 5.41) is 10.3. The van der Waals surface area contributed by atoms with E-state index in [2.05, 4.69) is 0 Å². The van der Waals surface area contributed by atoms with Crippen molar-refractivity contribution in [1.29, 1.82) is 0 Å². The van der Waals surface area contributed by atoms with Gasteiger partial charge in [-0.25, -0.2) is 14.5 Å². The van der Waals surface area contributed by atoms with E-state index in [1.54, 1.807) is 51.1 Å². The van der Waals surface area contributed by atoms with E-state index in [0.29, 0.717) is 18.4 Å². The van der Waals surface area contributed by atoms with Gasteiger partial charge in [-0.05, 0) is 44.7 Å². The standard InChI is InChI=1S/C26H29NO5/c1-25(2,3)32-24(31)27-22(28)21(16-10-15-19-11-6-4-7-12-19)18-26(27,23(29)30)17-20-13-8-5-9-14-20/h4-9,11-14,16H,10,15,17-18H2,1-3H3,(H,29,30)/t26-/m0/s1. The molecule has 1 N–H and O–H groups in total. The fraction of sp³-hybridized carbons (Fsp3) is 0.346. The van der Waals surface area contributed by atoms with Crippen LogP contribution in [0, 0.1) is 0 Å². The number of carboxylic acid groups (broad SMARTS) is 1. The number of carbonyl (C=O) groups is 3. The molecule has 1 fully saturated rings. The van der Waals surface area contributed by atoms with Gasteiger partial charge in [0.2, 0.25) is 0 Å². The highest BCUT2D eigenvalue weighted by Gasteiger charge is 2.57. The van der Waals surface area contributed by atoms with Crippen LogP contribution < -0.4 is 0 Å². The summed E-state index contributed by atoms with van der Waals surface area (Å²) in [6.07, 6.45) is 2.03. The lowest BCUT2D eigenvalue weighted by molar-refractivity contribution is -0.153. The number of carbonyl (C=O) groups excluding carboxylic acids is 2. The number of amides is 2. The summed E-state index contributed by atoms with van der Waals surface area (Å²) in [5.74, 6) is -1.84. The third kappa shape index (κ3) is 5.25. The van der Waals surface area contributed by atoms with Gasteiger partial charge >= 0.3 is 12.1 Å². The van der Waals surface area contributed by atoms with E-state index in [1.165, 1.54) is 0 Å². The lowest BCUT2D eigenvalue weighted by Crippen LogP contribution is -2.57. The van der Waals surface area contributed by atoms with E-state index in [4.69, 9.17) is 4.74 Å². The minimum absolute atomic E-state index is 0.00415. The Hall–Kier alpha value is -3.41. The van der Waals surface area contributed by atoms with Crippen molar-refractivity contribution >= 4 is 18.0 Å². The maximum Gasteiger partial charge on any atom is 0.418 e. The highest BCUT2D eigenvalue weighted by Crippen LogP contribution is 2.39. The second kappa shape index (κ2) is 9.39. The van der Waals surface area contributed by atoms with E-state index in [-0.39, 0.29) is 12.8 Å². The summed E-state index contributed by atoms with van der Waals surface area (Å²) in [4.78, 5) is 39.7. The zero-order valence-corrected chi connectivity index (χ0v) is 18.7. The van der Waals surface area contributed by atoms with Crippen molar-refractivity contribution in [3.05, 3.63) is 83.4 Å². The van der Waals surface area contributed by atoms with Crippen LogP contribution in [-0.4, -0.2) is 39.1 Å². The topological polar surface area (TPSA) is 83.9 Å². The monoisotopic (exact) mass is 435 g/mol. The zero-order valence-electron chi connectivity index (χ0n) is 18.7. The van der Waals surface area contributed by atoms with Gasteiger partial charge in [0, 0.05) is 18.4 Å². The third-order valence-corrected chi connectivity index (χ3v) is 5.37. The molecule has 0 saturated carbocycles. The molecule has 0 bridgehead atoms. The number of likely N-dealkylation sites (tertiary alicyclic amines) is 1. The Balaban J connectivity index is 1.95. The molecule has 0 aliphatic carbocycles. The van der Waals surface area contributed by atoms with Crippen molar-refractivity contribution in [2.75, 3.05) is 0 Å². The molecule has 0 radical (unpaired) electrons. The van der Waals surface area contributed by atoms with Gasteiger partial charge in [-0.1, -0.05) is 66.7 Å². The molecule has 2 aromatic carbocycles. The van der Waals surface area contributed by atoms with E-state index in [9.17, 15) is 19.5 Å². The Morgan fingerprint density at radius 2 is 1.59 bits per heavy atom. The van der Waals surface area contributed by atoms with Crippen LogP contribution in [-0.2, 0) is 27.2 Å². The number of benzene rings is 2. The minimum Gasteiger partial charge on any atom is -0.479 e. The lowest BCUT2D eigenvalue weighted by atomic mass is 9.87. The molecular formula is C26H29NO5. The molecule has 32 heavy (non-hydrogen) atoms. The molecule has 0 aromatic heterocycles. The number of aryl methyl sites for hydroxylation is 1. The summed E-state index contributed by atoms with van der Waals surface area (Å²) in [5.41, 5.74) is -0.437. The smallest absolute Gasteiger partial charge is 0.418 e. The largest absolute Gasteiger partial charge is 0.479 e. The normalized spacial score (nSPS) is 19.9. The van der Waals surface area contributed by atoms with Crippen molar-refractivity contribution in [3.8, 4) is 0 Å². The molecule has 1 aliphatic heterocycles. The first-order chi connectivity index (χ1) is 15.1. The van der Waals surface area contributed by atoms with Gasteiger partial charge in [0.25, 0.3) is 5.91 Å². The minimum atomic E-state index is -1.74. The van der Waals surface area contributed by atoms with Crippen molar-refractivity contribution < 1.29 is 24.2 Å². The van der Waals surface area contributed by atoms with Gasteiger partial charge in [0.1, 0.15) is 5.60 Å². The van der Waals surface area contributed by atoms with Gasteiger partial charge in [0.05, 0.1) is 0 Å². The predicted octanol–water partition coefficient (Wildman–Crippen LogP) is 4.78.